The molecule has 114 valence electrons. The zero-order valence-corrected chi connectivity index (χ0v) is 15.1. The van der Waals surface area contributed by atoms with Gasteiger partial charge in [-0.1, -0.05) is 66.7 Å². The number of benzene rings is 3. The normalized spacial score (nSPS) is 8.95. The summed E-state index contributed by atoms with van der Waals surface area (Å²) in [6, 6.07) is 29.9. The minimum absolute atomic E-state index is 0. The van der Waals surface area contributed by atoms with E-state index in [2.05, 4.69) is 33.5 Å². The fourth-order valence-corrected chi connectivity index (χ4v) is 2.00. The Morgan fingerprint density at radius 2 is 0.955 bits per heavy atom. The van der Waals surface area contributed by atoms with Crippen LogP contribution in [0.15, 0.2) is 91.0 Å². The quantitative estimate of drug-likeness (QED) is 0.501. The van der Waals surface area contributed by atoms with Crippen LogP contribution in [0.3, 0.4) is 0 Å². The van der Waals surface area contributed by atoms with Crippen LogP contribution in [0.5, 0.6) is 11.5 Å². The molecule has 0 saturated carbocycles. The summed E-state index contributed by atoms with van der Waals surface area (Å²) in [7, 11) is 2.69. The fourth-order valence-electron chi connectivity index (χ4n) is 1.73. The van der Waals surface area contributed by atoms with Gasteiger partial charge in [0, 0.05) is 0 Å². The van der Waals surface area contributed by atoms with Gasteiger partial charge < -0.3 is 4.74 Å². The Balaban J connectivity index is 0.000000234. The van der Waals surface area contributed by atoms with Crippen molar-refractivity contribution in [3.8, 4) is 11.5 Å². The summed E-state index contributed by atoms with van der Waals surface area (Å²) in [5.74, 6) is 1.74. The first-order valence-electron chi connectivity index (χ1n) is 6.90. The van der Waals surface area contributed by atoms with Crippen LogP contribution in [0.1, 0.15) is 5.56 Å². The van der Waals surface area contributed by atoms with Crippen molar-refractivity contribution in [1.29, 1.82) is 0 Å². The standard InChI is InChI=1S/C12H10O.C7H9P.BrH/c1-3-7-11(8-4-1)13-12-9-5-2-6-10-12;8-6-7-4-2-1-3-5-7;/h1-10H;1-5H,6,8H2;1H. The van der Waals surface area contributed by atoms with Crippen LogP contribution in [0.25, 0.3) is 0 Å². The third kappa shape index (κ3) is 6.89. The third-order valence-corrected chi connectivity index (χ3v) is 3.27. The molecule has 0 heterocycles. The van der Waals surface area contributed by atoms with Crippen molar-refractivity contribution < 1.29 is 4.74 Å². The summed E-state index contributed by atoms with van der Waals surface area (Å²) in [4.78, 5) is 0. The van der Waals surface area contributed by atoms with Crippen LogP contribution < -0.4 is 4.74 Å². The number of ether oxygens (including phenoxy) is 1. The molecule has 0 aliphatic rings. The van der Waals surface area contributed by atoms with E-state index in [0.717, 1.165) is 17.7 Å². The second-order valence-corrected chi connectivity index (χ2v) is 4.83. The molecule has 3 heteroatoms. The molecule has 0 radical (unpaired) electrons. The monoisotopic (exact) mass is 374 g/mol. The van der Waals surface area contributed by atoms with E-state index < -0.39 is 0 Å². The third-order valence-electron chi connectivity index (χ3n) is 2.80. The molecule has 0 aliphatic carbocycles. The van der Waals surface area contributed by atoms with Gasteiger partial charge in [-0.05, 0) is 36.0 Å². The first-order valence-corrected chi connectivity index (χ1v) is 7.72. The summed E-state index contributed by atoms with van der Waals surface area (Å²) >= 11 is 0. The van der Waals surface area contributed by atoms with Gasteiger partial charge in [-0.2, -0.15) is 0 Å². The molecule has 1 unspecified atom stereocenters. The lowest BCUT2D eigenvalue weighted by atomic mass is 10.2. The molecule has 0 saturated heterocycles. The minimum atomic E-state index is 0. The molecule has 3 aromatic carbocycles. The number of hydrogen-bond donors (Lipinski definition) is 0. The van der Waals surface area contributed by atoms with E-state index in [0.29, 0.717) is 0 Å². The van der Waals surface area contributed by atoms with Crippen LogP contribution in [-0.2, 0) is 6.16 Å². The van der Waals surface area contributed by atoms with Gasteiger partial charge in [0.05, 0.1) is 0 Å². The summed E-state index contributed by atoms with van der Waals surface area (Å²) in [6.45, 7) is 0. The van der Waals surface area contributed by atoms with Gasteiger partial charge in [-0.3, -0.25) is 0 Å². The maximum Gasteiger partial charge on any atom is 0.127 e. The van der Waals surface area contributed by atoms with E-state index >= 15 is 0 Å². The molecule has 0 fully saturated rings. The SMILES string of the molecule is Br.PCc1ccccc1.c1ccc(Oc2ccccc2)cc1. The Bertz CT molecular complexity index is 577. The highest BCUT2D eigenvalue weighted by molar-refractivity contribution is 8.93. The van der Waals surface area contributed by atoms with E-state index in [-0.39, 0.29) is 17.0 Å². The molecule has 3 rings (SSSR count). The Morgan fingerprint density at radius 3 is 1.27 bits per heavy atom. The van der Waals surface area contributed by atoms with Crippen molar-refractivity contribution in [3.05, 3.63) is 96.6 Å². The van der Waals surface area contributed by atoms with Crippen molar-refractivity contribution in [2.45, 2.75) is 6.16 Å². The van der Waals surface area contributed by atoms with E-state index in [1.807, 2.05) is 66.7 Å². The van der Waals surface area contributed by atoms with Gasteiger partial charge in [0.2, 0.25) is 0 Å². The fraction of sp³-hybridized carbons (Fsp3) is 0.0526. The van der Waals surface area contributed by atoms with Crippen LogP contribution in [0, 0.1) is 0 Å². The Hall–Kier alpha value is -1.63. The summed E-state index contributed by atoms with van der Waals surface area (Å²) in [5, 5.41) is 0. The van der Waals surface area contributed by atoms with E-state index in [9.17, 15) is 0 Å². The summed E-state index contributed by atoms with van der Waals surface area (Å²) in [5.41, 5.74) is 1.37. The zero-order chi connectivity index (χ0) is 14.8. The molecule has 3 aromatic rings. The van der Waals surface area contributed by atoms with Crippen molar-refractivity contribution in [3.63, 3.8) is 0 Å². The lowest BCUT2D eigenvalue weighted by Crippen LogP contribution is -1.81. The lowest BCUT2D eigenvalue weighted by molar-refractivity contribution is 0.482. The molecule has 1 atom stereocenters. The van der Waals surface area contributed by atoms with Gasteiger partial charge in [-0.15, -0.1) is 26.2 Å². The van der Waals surface area contributed by atoms with Gasteiger partial charge in [0.15, 0.2) is 0 Å². The first kappa shape index (κ1) is 18.4. The molecule has 22 heavy (non-hydrogen) atoms. The molecule has 0 aliphatic heterocycles. The average Bonchev–Trinajstić information content (AvgIpc) is 2.58. The maximum absolute atomic E-state index is 5.58. The highest BCUT2D eigenvalue weighted by atomic mass is 79.9. The molecule has 0 spiro atoms. The average molecular weight is 375 g/mol. The van der Waals surface area contributed by atoms with Gasteiger partial charge in [0.1, 0.15) is 11.5 Å². The molecule has 0 aromatic heterocycles. The molecule has 1 nitrogen and oxygen atoms in total. The molecular formula is C19H20BrOP. The van der Waals surface area contributed by atoms with Crippen LogP contribution >= 0.6 is 26.2 Å². The summed E-state index contributed by atoms with van der Waals surface area (Å²) < 4.78 is 5.58. The van der Waals surface area contributed by atoms with Crippen molar-refractivity contribution in [2.24, 2.45) is 0 Å². The zero-order valence-electron chi connectivity index (χ0n) is 12.3. The van der Waals surface area contributed by atoms with Crippen molar-refractivity contribution in [1.82, 2.24) is 0 Å². The highest BCUT2D eigenvalue weighted by Crippen LogP contribution is 2.19. The number of halogens is 1. The predicted octanol–water partition coefficient (Wildman–Crippen LogP) is 6.12. The summed E-state index contributed by atoms with van der Waals surface area (Å²) in [6.07, 6.45) is 1.06. The Morgan fingerprint density at radius 1 is 0.591 bits per heavy atom. The first-order chi connectivity index (χ1) is 10.4. The number of rotatable bonds is 3. The molecule has 0 N–H and O–H groups in total. The van der Waals surface area contributed by atoms with Gasteiger partial charge in [0.25, 0.3) is 0 Å². The van der Waals surface area contributed by atoms with Gasteiger partial charge in [-0.25, -0.2) is 0 Å². The van der Waals surface area contributed by atoms with E-state index in [1.54, 1.807) is 0 Å². The lowest BCUT2D eigenvalue weighted by Gasteiger charge is -2.03. The smallest absolute Gasteiger partial charge is 0.127 e. The molecular weight excluding hydrogens is 355 g/mol. The van der Waals surface area contributed by atoms with Gasteiger partial charge >= 0.3 is 0 Å². The van der Waals surface area contributed by atoms with Crippen molar-refractivity contribution in [2.75, 3.05) is 0 Å². The largest absolute Gasteiger partial charge is 0.457 e. The second-order valence-electron chi connectivity index (χ2n) is 4.42. The van der Waals surface area contributed by atoms with Crippen LogP contribution in [-0.4, -0.2) is 0 Å². The molecule has 0 bridgehead atoms. The molecule has 0 amide bonds. The van der Waals surface area contributed by atoms with E-state index in [1.165, 1.54) is 5.56 Å². The van der Waals surface area contributed by atoms with Crippen LogP contribution in [0.4, 0.5) is 0 Å². The maximum atomic E-state index is 5.58. The highest BCUT2D eigenvalue weighted by Gasteiger charge is 1.92. The van der Waals surface area contributed by atoms with Crippen LogP contribution in [0.2, 0.25) is 0 Å². The number of para-hydroxylation sites is 2. The second kappa shape index (κ2) is 11.0. The topological polar surface area (TPSA) is 9.23 Å². The Kier molecular flexibility index (Phi) is 9.21. The Labute approximate surface area is 145 Å². The predicted molar refractivity (Wildman–Crippen MR) is 103 cm³/mol. The number of hydrogen-bond acceptors (Lipinski definition) is 1. The van der Waals surface area contributed by atoms with Crippen molar-refractivity contribution >= 4 is 26.2 Å². The van der Waals surface area contributed by atoms with E-state index in [4.69, 9.17) is 4.74 Å². The minimum Gasteiger partial charge on any atom is -0.457 e.